The highest BCUT2D eigenvalue weighted by Crippen LogP contribution is 2.10. The highest BCUT2D eigenvalue weighted by molar-refractivity contribution is 7.80. The summed E-state index contributed by atoms with van der Waals surface area (Å²) < 4.78 is 0. The van der Waals surface area contributed by atoms with Gasteiger partial charge in [0.25, 0.3) is 0 Å². The molecule has 0 saturated carbocycles. The first kappa shape index (κ1) is 25.7. The molecule has 0 aliphatic rings. The molecule has 0 rings (SSSR count). The zero-order valence-electron chi connectivity index (χ0n) is 16.0. The summed E-state index contributed by atoms with van der Waals surface area (Å²) in [5.74, 6) is -5.55. The molecule has 0 bridgehead atoms. The van der Waals surface area contributed by atoms with E-state index in [0.717, 1.165) is 0 Å². The molecule has 0 fully saturated rings. The van der Waals surface area contributed by atoms with E-state index in [9.17, 15) is 24.0 Å². The maximum atomic E-state index is 12.5. The Morgan fingerprint density at radius 3 is 1.86 bits per heavy atom. The lowest BCUT2D eigenvalue weighted by atomic mass is 9.97. The lowest BCUT2D eigenvalue weighted by Crippen LogP contribution is -2.59. The second kappa shape index (κ2) is 12.2. The molecular formula is C16H28N4O7S. The Morgan fingerprint density at radius 1 is 0.929 bits per heavy atom. The van der Waals surface area contributed by atoms with Crippen LogP contribution in [0.3, 0.4) is 0 Å². The minimum atomic E-state index is -1.45. The topological polar surface area (TPSA) is 188 Å². The van der Waals surface area contributed by atoms with Crippen LogP contribution < -0.4 is 21.7 Å². The SMILES string of the molecule is CCC(C)C(NC(=O)C(CC(=O)O)NC(=O)C(C)N)C(=O)NC(CS)C(=O)O. The number of thiol groups is 1. The number of rotatable bonds is 12. The van der Waals surface area contributed by atoms with Crippen molar-refractivity contribution in [1.29, 1.82) is 0 Å². The normalized spacial score (nSPS) is 16.0. The smallest absolute Gasteiger partial charge is 0.327 e. The van der Waals surface area contributed by atoms with Crippen molar-refractivity contribution in [3.63, 3.8) is 0 Å². The summed E-state index contributed by atoms with van der Waals surface area (Å²) in [6.07, 6.45) is -0.250. The zero-order valence-corrected chi connectivity index (χ0v) is 16.9. The van der Waals surface area contributed by atoms with Crippen molar-refractivity contribution in [2.45, 2.75) is 57.8 Å². The van der Waals surface area contributed by atoms with Crippen molar-refractivity contribution in [1.82, 2.24) is 16.0 Å². The summed E-state index contributed by atoms with van der Waals surface area (Å²) in [4.78, 5) is 58.9. The first-order valence-corrected chi connectivity index (χ1v) is 9.29. The molecule has 160 valence electrons. The van der Waals surface area contributed by atoms with E-state index in [1.165, 1.54) is 6.92 Å². The average Bonchev–Trinajstić information content (AvgIpc) is 2.61. The van der Waals surface area contributed by atoms with Crippen molar-refractivity contribution < 1.29 is 34.2 Å². The number of carboxylic acid groups (broad SMARTS) is 2. The number of aliphatic carboxylic acids is 2. The third-order valence-corrected chi connectivity index (χ3v) is 4.38. The molecule has 0 aromatic carbocycles. The summed E-state index contributed by atoms with van der Waals surface area (Å²) in [7, 11) is 0. The number of carboxylic acids is 2. The van der Waals surface area contributed by atoms with Crippen molar-refractivity contribution >= 4 is 42.3 Å². The second-order valence-corrected chi connectivity index (χ2v) is 6.77. The molecule has 0 aromatic heterocycles. The Morgan fingerprint density at radius 2 is 1.46 bits per heavy atom. The van der Waals surface area contributed by atoms with Crippen LogP contribution in [0.15, 0.2) is 0 Å². The van der Waals surface area contributed by atoms with Crippen molar-refractivity contribution in [3.8, 4) is 0 Å². The fourth-order valence-electron chi connectivity index (χ4n) is 2.09. The second-order valence-electron chi connectivity index (χ2n) is 6.40. The Kier molecular flexibility index (Phi) is 11.2. The summed E-state index contributed by atoms with van der Waals surface area (Å²) in [6, 6.07) is -4.81. The molecule has 0 spiro atoms. The number of nitrogens with two attached hydrogens (primary N) is 1. The number of carbonyl (C=O) groups excluding carboxylic acids is 3. The van der Waals surface area contributed by atoms with Gasteiger partial charge in [0, 0.05) is 5.75 Å². The minimum Gasteiger partial charge on any atom is -0.481 e. The fraction of sp³-hybridized carbons (Fsp3) is 0.688. The van der Waals surface area contributed by atoms with E-state index in [1.54, 1.807) is 13.8 Å². The van der Waals surface area contributed by atoms with Gasteiger partial charge in [0.05, 0.1) is 12.5 Å². The van der Waals surface area contributed by atoms with Crippen LogP contribution in [0.5, 0.6) is 0 Å². The number of hydrogen-bond acceptors (Lipinski definition) is 7. The van der Waals surface area contributed by atoms with Gasteiger partial charge in [0.1, 0.15) is 18.1 Å². The van der Waals surface area contributed by atoms with Crippen LogP contribution in [-0.4, -0.2) is 69.8 Å². The lowest BCUT2D eigenvalue weighted by molar-refractivity contribution is -0.143. The van der Waals surface area contributed by atoms with Gasteiger partial charge in [-0.15, -0.1) is 0 Å². The molecule has 0 aliphatic carbocycles. The van der Waals surface area contributed by atoms with Crippen LogP contribution in [0.2, 0.25) is 0 Å². The Balaban J connectivity index is 5.42. The summed E-state index contributed by atoms with van der Waals surface area (Å²) in [5.41, 5.74) is 5.41. The zero-order chi connectivity index (χ0) is 22.0. The Bertz CT molecular complexity index is 600. The monoisotopic (exact) mass is 420 g/mol. The molecule has 11 nitrogen and oxygen atoms in total. The van der Waals surface area contributed by atoms with Gasteiger partial charge in [0.15, 0.2) is 0 Å². The predicted octanol–water partition coefficient (Wildman–Crippen LogP) is -1.68. The molecule has 3 amide bonds. The standard InChI is InChI=1S/C16H28N4O7S/c1-4-7(2)12(15(25)19-10(6-28)16(26)27)20-14(24)9(5-11(21)22)18-13(23)8(3)17/h7-10,12,28H,4-6,17H2,1-3H3,(H,18,23)(H,19,25)(H,20,24)(H,21,22)(H,26,27). The molecule has 28 heavy (non-hydrogen) atoms. The third-order valence-electron chi connectivity index (χ3n) is 4.02. The number of carbonyl (C=O) groups is 5. The Labute approximate surface area is 168 Å². The van der Waals surface area contributed by atoms with E-state index in [4.69, 9.17) is 15.9 Å². The minimum absolute atomic E-state index is 0.158. The number of hydrogen-bond donors (Lipinski definition) is 7. The molecule has 0 aromatic rings. The molecule has 5 atom stereocenters. The van der Waals surface area contributed by atoms with E-state index in [0.29, 0.717) is 6.42 Å². The van der Waals surface area contributed by atoms with E-state index < -0.39 is 66.2 Å². The highest BCUT2D eigenvalue weighted by Gasteiger charge is 2.32. The maximum Gasteiger partial charge on any atom is 0.327 e. The first-order valence-electron chi connectivity index (χ1n) is 8.66. The Hall–Kier alpha value is -2.34. The van der Waals surface area contributed by atoms with Gasteiger partial charge in [0.2, 0.25) is 17.7 Å². The summed E-state index contributed by atoms with van der Waals surface area (Å²) >= 11 is 3.86. The molecule has 0 heterocycles. The highest BCUT2D eigenvalue weighted by atomic mass is 32.1. The van der Waals surface area contributed by atoms with Crippen molar-refractivity contribution in [2.24, 2.45) is 11.7 Å². The van der Waals surface area contributed by atoms with Crippen molar-refractivity contribution in [3.05, 3.63) is 0 Å². The number of amides is 3. The maximum absolute atomic E-state index is 12.5. The molecule has 0 saturated heterocycles. The fourth-order valence-corrected chi connectivity index (χ4v) is 2.34. The van der Waals surface area contributed by atoms with E-state index in [1.807, 2.05) is 0 Å². The van der Waals surface area contributed by atoms with Gasteiger partial charge in [-0.05, 0) is 12.8 Å². The quantitative estimate of drug-likeness (QED) is 0.182. The van der Waals surface area contributed by atoms with Gasteiger partial charge in [-0.3, -0.25) is 19.2 Å². The van der Waals surface area contributed by atoms with E-state index in [2.05, 4.69) is 28.6 Å². The van der Waals surface area contributed by atoms with Gasteiger partial charge in [-0.25, -0.2) is 4.79 Å². The van der Waals surface area contributed by atoms with E-state index >= 15 is 0 Å². The third kappa shape index (κ3) is 8.57. The molecule has 7 N–H and O–H groups in total. The van der Waals surface area contributed by atoms with E-state index in [-0.39, 0.29) is 5.75 Å². The van der Waals surface area contributed by atoms with Crippen LogP contribution in [-0.2, 0) is 24.0 Å². The predicted molar refractivity (Wildman–Crippen MR) is 103 cm³/mol. The van der Waals surface area contributed by atoms with Crippen LogP contribution in [0.4, 0.5) is 0 Å². The number of nitrogens with one attached hydrogen (secondary N) is 3. The molecule has 0 aliphatic heterocycles. The molecule has 0 radical (unpaired) electrons. The van der Waals surface area contributed by atoms with Gasteiger partial charge in [-0.1, -0.05) is 20.3 Å². The van der Waals surface area contributed by atoms with Gasteiger partial charge < -0.3 is 31.9 Å². The molecular weight excluding hydrogens is 392 g/mol. The van der Waals surface area contributed by atoms with Crippen LogP contribution in [0.1, 0.15) is 33.6 Å². The van der Waals surface area contributed by atoms with Gasteiger partial charge >= 0.3 is 11.9 Å². The van der Waals surface area contributed by atoms with Crippen LogP contribution >= 0.6 is 12.6 Å². The average molecular weight is 420 g/mol. The molecule has 12 heteroatoms. The summed E-state index contributed by atoms with van der Waals surface area (Å²) in [5, 5.41) is 24.9. The van der Waals surface area contributed by atoms with Gasteiger partial charge in [-0.2, -0.15) is 12.6 Å². The first-order chi connectivity index (χ1) is 12.9. The lowest BCUT2D eigenvalue weighted by Gasteiger charge is -2.27. The van der Waals surface area contributed by atoms with Crippen LogP contribution in [0, 0.1) is 5.92 Å². The van der Waals surface area contributed by atoms with Crippen molar-refractivity contribution in [2.75, 3.05) is 5.75 Å². The van der Waals surface area contributed by atoms with Crippen LogP contribution in [0.25, 0.3) is 0 Å². The summed E-state index contributed by atoms with van der Waals surface area (Å²) in [6.45, 7) is 4.79. The largest absolute Gasteiger partial charge is 0.481 e. The molecule has 5 unspecified atom stereocenters.